The van der Waals surface area contributed by atoms with E-state index in [0.29, 0.717) is 18.8 Å². The largest absolute Gasteiger partial charge is 0.491 e. The van der Waals surface area contributed by atoms with Crippen molar-refractivity contribution in [1.82, 2.24) is 4.90 Å². The molecule has 3 N–H and O–H groups in total. The molecule has 1 saturated heterocycles. The van der Waals surface area contributed by atoms with Gasteiger partial charge < -0.3 is 20.3 Å². The van der Waals surface area contributed by atoms with E-state index in [2.05, 4.69) is 18.7 Å². The second-order valence-electron chi connectivity index (χ2n) is 5.84. The molecule has 1 heterocycles. The third-order valence-corrected chi connectivity index (χ3v) is 3.57. The normalized spacial score (nSPS) is 20.6. The summed E-state index contributed by atoms with van der Waals surface area (Å²) in [6.07, 6.45) is -0.523. The maximum Gasteiger partial charge on any atom is 0.119 e. The Morgan fingerprint density at radius 2 is 2.10 bits per heavy atom. The molecular weight excluding hydrogens is 256 g/mol. The zero-order chi connectivity index (χ0) is 14.6. The Morgan fingerprint density at radius 1 is 1.40 bits per heavy atom. The highest BCUT2D eigenvalue weighted by atomic mass is 16.5. The molecule has 0 aromatic heterocycles. The number of anilines is 1. The topological polar surface area (TPSA) is 68.0 Å². The average Bonchev–Trinajstić information content (AvgIpc) is 2.40. The van der Waals surface area contributed by atoms with E-state index in [1.165, 1.54) is 0 Å². The monoisotopic (exact) mass is 280 g/mol. The number of nitrogens with two attached hydrogens (primary N) is 1. The smallest absolute Gasteiger partial charge is 0.119 e. The van der Waals surface area contributed by atoms with Gasteiger partial charge in [-0.1, -0.05) is 0 Å². The number of aliphatic hydroxyl groups excluding tert-OH is 1. The molecule has 0 radical (unpaired) electrons. The van der Waals surface area contributed by atoms with Crippen molar-refractivity contribution in [1.29, 1.82) is 0 Å². The quantitative estimate of drug-likeness (QED) is 0.791. The zero-order valence-corrected chi connectivity index (χ0v) is 12.2. The van der Waals surface area contributed by atoms with Crippen LogP contribution in [0.5, 0.6) is 5.75 Å². The zero-order valence-electron chi connectivity index (χ0n) is 12.2. The van der Waals surface area contributed by atoms with Gasteiger partial charge in [0, 0.05) is 24.3 Å². The molecule has 1 fully saturated rings. The molecule has 0 aliphatic carbocycles. The fraction of sp³-hybridized carbons (Fsp3) is 0.600. The van der Waals surface area contributed by atoms with Crippen LogP contribution in [0.2, 0.25) is 0 Å². The Morgan fingerprint density at radius 3 is 2.75 bits per heavy atom. The molecule has 0 saturated carbocycles. The molecule has 0 bridgehead atoms. The van der Waals surface area contributed by atoms with E-state index in [0.717, 1.165) is 18.9 Å². The van der Waals surface area contributed by atoms with Crippen LogP contribution in [0.1, 0.15) is 13.8 Å². The minimum atomic E-state index is -0.523. The first-order valence-corrected chi connectivity index (χ1v) is 6.96. The van der Waals surface area contributed by atoms with Crippen molar-refractivity contribution in [2.45, 2.75) is 25.5 Å². The van der Waals surface area contributed by atoms with Crippen molar-refractivity contribution in [3.8, 4) is 5.75 Å². The van der Waals surface area contributed by atoms with Gasteiger partial charge in [-0.15, -0.1) is 0 Å². The van der Waals surface area contributed by atoms with E-state index >= 15 is 0 Å². The summed E-state index contributed by atoms with van der Waals surface area (Å²) in [5, 5.41) is 10.1. The number of ether oxygens (including phenoxy) is 2. The molecule has 5 nitrogen and oxygen atoms in total. The first kappa shape index (κ1) is 15.1. The Kier molecular flexibility index (Phi) is 4.86. The van der Waals surface area contributed by atoms with Crippen LogP contribution in [0.3, 0.4) is 0 Å². The fourth-order valence-corrected chi connectivity index (χ4v) is 2.29. The molecule has 1 aromatic carbocycles. The lowest BCUT2D eigenvalue weighted by Gasteiger charge is -2.42. The summed E-state index contributed by atoms with van der Waals surface area (Å²) in [6, 6.07) is 7.18. The Balaban J connectivity index is 1.80. The Hall–Kier alpha value is -1.30. The van der Waals surface area contributed by atoms with E-state index in [1.54, 1.807) is 24.3 Å². The second kappa shape index (κ2) is 6.43. The average molecular weight is 280 g/mol. The molecule has 112 valence electrons. The molecule has 1 aliphatic rings. The number of morpholine rings is 1. The number of β-amino-alcohol motifs (C(OH)–C–C–N with tert-alkyl or cyclic N) is 1. The van der Waals surface area contributed by atoms with Crippen LogP contribution in [-0.2, 0) is 4.74 Å². The summed E-state index contributed by atoms with van der Waals surface area (Å²) in [5.41, 5.74) is 6.27. The van der Waals surface area contributed by atoms with E-state index < -0.39 is 6.10 Å². The minimum absolute atomic E-state index is 0.0412. The van der Waals surface area contributed by atoms with Crippen LogP contribution in [0.15, 0.2) is 24.3 Å². The third-order valence-electron chi connectivity index (χ3n) is 3.57. The lowest BCUT2D eigenvalue weighted by molar-refractivity contribution is -0.0703. The van der Waals surface area contributed by atoms with Crippen LogP contribution in [0, 0.1) is 0 Å². The summed E-state index contributed by atoms with van der Waals surface area (Å²) in [7, 11) is 0. The number of nitrogens with zero attached hydrogens (tertiary/aromatic N) is 1. The highest BCUT2D eigenvalue weighted by Gasteiger charge is 2.31. The fourth-order valence-electron chi connectivity index (χ4n) is 2.29. The van der Waals surface area contributed by atoms with Crippen molar-refractivity contribution in [2.24, 2.45) is 0 Å². The molecule has 1 unspecified atom stereocenters. The van der Waals surface area contributed by atoms with Gasteiger partial charge in [0.1, 0.15) is 18.5 Å². The highest BCUT2D eigenvalue weighted by Crippen LogP contribution is 2.19. The van der Waals surface area contributed by atoms with Crippen LogP contribution in [-0.4, -0.2) is 54.6 Å². The summed E-state index contributed by atoms with van der Waals surface area (Å²) < 4.78 is 11.0. The van der Waals surface area contributed by atoms with Crippen molar-refractivity contribution in [2.75, 3.05) is 38.6 Å². The predicted molar refractivity (Wildman–Crippen MR) is 78.8 cm³/mol. The number of aliphatic hydroxyl groups is 1. The molecule has 5 heteroatoms. The lowest BCUT2D eigenvalue weighted by Crippen LogP contribution is -2.55. The lowest BCUT2D eigenvalue weighted by atomic mass is 10.0. The highest BCUT2D eigenvalue weighted by molar-refractivity contribution is 5.41. The number of rotatable bonds is 5. The first-order valence-electron chi connectivity index (χ1n) is 6.96. The number of benzene rings is 1. The van der Waals surface area contributed by atoms with Crippen molar-refractivity contribution in [3.05, 3.63) is 24.3 Å². The van der Waals surface area contributed by atoms with E-state index in [1.807, 2.05) is 0 Å². The second-order valence-corrected chi connectivity index (χ2v) is 5.84. The molecule has 0 amide bonds. The van der Waals surface area contributed by atoms with Crippen LogP contribution in [0.25, 0.3) is 0 Å². The number of hydrogen-bond acceptors (Lipinski definition) is 5. The molecule has 1 atom stereocenters. The first-order chi connectivity index (χ1) is 9.47. The Labute approximate surface area is 120 Å². The van der Waals surface area contributed by atoms with Gasteiger partial charge in [-0.25, -0.2) is 0 Å². The van der Waals surface area contributed by atoms with E-state index in [9.17, 15) is 5.11 Å². The summed E-state index contributed by atoms with van der Waals surface area (Å²) in [6.45, 7) is 7.36. The van der Waals surface area contributed by atoms with Gasteiger partial charge in [0.05, 0.1) is 13.2 Å². The minimum Gasteiger partial charge on any atom is -0.491 e. The van der Waals surface area contributed by atoms with Gasteiger partial charge in [0.25, 0.3) is 0 Å². The standard InChI is InChI=1S/C15H24N2O3/c1-15(2)11-19-8-7-17(15)9-13(18)10-20-14-5-3-12(16)4-6-14/h3-6,13,18H,7-11,16H2,1-2H3. The van der Waals surface area contributed by atoms with Gasteiger partial charge in [0.15, 0.2) is 0 Å². The molecular formula is C15H24N2O3. The molecule has 0 spiro atoms. The van der Waals surface area contributed by atoms with Crippen molar-refractivity contribution in [3.63, 3.8) is 0 Å². The maximum absolute atomic E-state index is 10.1. The molecule has 1 aromatic rings. The van der Waals surface area contributed by atoms with E-state index in [4.69, 9.17) is 15.2 Å². The SMILES string of the molecule is CC1(C)COCCN1CC(O)COc1ccc(N)cc1. The maximum atomic E-state index is 10.1. The summed E-state index contributed by atoms with van der Waals surface area (Å²) in [4.78, 5) is 2.24. The Bertz CT molecular complexity index is 420. The van der Waals surface area contributed by atoms with Gasteiger partial charge in [-0.05, 0) is 38.1 Å². The predicted octanol–water partition coefficient (Wildman–Crippen LogP) is 1.12. The molecule has 20 heavy (non-hydrogen) atoms. The molecule has 1 aliphatic heterocycles. The third kappa shape index (κ3) is 4.10. The summed E-state index contributed by atoms with van der Waals surface area (Å²) >= 11 is 0. The van der Waals surface area contributed by atoms with Crippen molar-refractivity contribution < 1.29 is 14.6 Å². The molecule has 2 rings (SSSR count). The van der Waals surface area contributed by atoms with Crippen LogP contribution >= 0.6 is 0 Å². The van der Waals surface area contributed by atoms with Crippen LogP contribution < -0.4 is 10.5 Å². The number of nitrogen functional groups attached to an aromatic ring is 1. The summed E-state index contributed by atoms with van der Waals surface area (Å²) in [5.74, 6) is 0.722. The van der Waals surface area contributed by atoms with Crippen molar-refractivity contribution >= 4 is 5.69 Å². The van der Waals surface area contributed by atoms with Crippen LogP contribution in [0.4, 0.5) is 5.69 Å². The van der Waals surface area contributed by atoms with E-state index in [-0.39, 0.29) is 12.1 Å². The van der Waals surface area contributed by atoms with Gasteiger partial charge in [0.2, 0.25) is 0 Å². The van der Waals surface area contributed by atoms with Gasteiger partial charge in [-0.2, -0.15) is 0 Å². The number of hydrogen-bond donors (Lipinski definition) is 2. The van der Waals surface area contributed by atoms with Gasteiger partial charge >= 0.3 is 0 Å². The van der Waals surface area contributed by atoms with Gasteiger partial charge in [-0.3, -0.25) is 4.90 Å².